The fourth-order valence-corrected chi connectivity index (χ4v) is 2.65. The van der Waals surface area contributed by atoms with Crippen LogP contribution in [-0.2, 0) is 6.54 Å². The van der Waals surface area contributed by atoms with Gasteiger partial charge in [-0.3, -0.25) is 4.79 Å². The van der Waals surface area contributed by atoms with Gasteiger partial charge in [-0.15, -0.1) is 0 Å². The summed E-state index contributed by atoms with van der Waals surface area (Å²) in [5.74, 6) is 0.895. The molecule has 7 heteroatoms. The molecular formula is C21H21ClN4O2. The Morgan fingerprint density at radius 1 is 1.07 bits per heavy atom. The van der Waals surface area contributed by atoms with E-state index >= 15 is 0 Å². The average molecular weight is 397 g/mol. The zero-order valence-corrected chi connectivity index (χ0v) is 16.4. The molecule has 1 heterocycles. The predicted molar refractivity (Wildman–Crippen MR) is 111 cm³/mol. The normalized spacial score (nSPS) is 10.6. The largest absolute Gasteiger partial charge is 0.491 e. The second-order valence-corrected chi connectivity index (χ2v) is 6.79. The lowest BCUT2D eigenvalue weighted by Gasteiger charge is -2.11. The van der Waals surface area contributed by atoms with Crippen LogP contribution in [0.2, 0.25) is 5.02 Å². The van der Waals surface area contributed by atoms with Crippen molar-refractivity contribution in [3.05, 3.63) is 77.1 Å². The van der Waals surface area contributed by atoms with Crippen molar-refractivity contribution < 1.29 is 9.53 Å². The molecule has 0 spiro atoms. The third kappa shape index (κ3) is 5.44. The summed E-state index contributed by atoms with van der Waals surface area (Å²) in [6, 6.07) is 14.7. The average Bonchev–Trinajstić information content (AvgIpc) is 2.69. The van der Waals surface area contributed by atoms with Crippen molar-refractivity contribution in [1.29, 1.82) is 0 Å². The van der Waals surface area contributed by atoms with Gasteiger partial charge in [0, 0.05) is 29.6 Å². The van der Waals surface area contributed by atoms with Crippen molar-refractivity contribution in [3.8, 4) is 5.75 Å². The Labute approximate surface area is 168 Å². The number of hydrogen-bond acceptors (Lipinski definition) is 5. The number of carbonyl (C=O) groups excluding carboxylic acids is 1. The first kappa shape index (κ1) is 19.6. The number of aromatic nitrogens is 2. The number of benzene rings is 2. The quantitative estimate of drug-likeness (QED) is 0.601. The fourth-order valence-electron chi connectivity index (χ4n) is 2.44. The van der Waals surface area contributed by atoms with E-state index in [1.165, 1.54) is 12.4 Å². The Morgan fingerprint density at radius 3 is 2.39 bits per heavy atom. The summed E-state index contributed by atoms with van der Waals surface area (Å²) in [5, 5.41) is 6.57. The van der Waals surface area contributed by atoms with Gasteiger partial charge in [-0.05, 0) is 49.7 Å². The Kier molecular flexibility index (Phi) is 6.45. The van der Waals surface area contributed by atoms with E-state index in [9.17, 15) is 4.79 Å². The summed E-state index contributed by atoms with van der Waals surface area (Å²) in [5.41, 5.74) is 1.98. The van der Waals surface area contributed by atoms with Gasteiger partial charge in [-0.2, -0.15) is 0 Å². The molecule has 0 bridgehead atoms. The molecule has 0 radical (unpaired) electrons. The van der Waals surface area contributed by atoms with Gasteiger partial charge in [-0.1, -0.05) is 29.8 Å². The molecule has 28 heavy (non-hydrogen) atoms. The maximum absolute atomic E-state index is 12.4. The highest BCUT2D eigenvalue weighted by molar-refractivity contribution is 6.31. The summed E-state index contributed by atoms with van der Waals surface area (Å²) >= 11 is 6.13. The lowest BCUT2D eigenvalue weighted by Crippen LogP contribution is -2.13. The van der Waals surface area contributed by atoms with E-state index < -0.39 is 0 Å². The molecule has 144 valence electrons. The number of halogens is 1. The van der Waals surface area contributed by atoms with Crippen LogP contribution >= 0.6 is 11.6 Å². The molecule has 0 aliphatic carbocycles. The van der Waals surface area contributed by atoms with Crippen molar-refractivity contribution in [2.24, 2.45) is 0 Å². The van der Waals surface area contributed by atoms with Crippen LogP contribution in [0.25, 0.3) is 0 Å². The highest BCUT2D eigenvalue weighted by Crippen LogP contribution is 2.18. The molecular weight excluding hydrogens is 376 g/mol. The lowest BCUT2D eigenvalue weighted by atomic mass is 10.2. The number of amides is 1. The maximum atomic E-state index is 12.4. The van der Waals surface area contributed by atoms with E-state index in [1.54, 1.807) is 12.1 Å². The third-order valence-electron chi connectivity index (χ3n) is 3.79. The van der Waals surface area contributed by atoms with Gasteiger partial charge in [0.15, 0.2) is 0 Å². The van der Waals surface area contributed by atoms with Crippen LogP contribution in [0.3, 0.4) is 0 Å². The van der Waals surface area contributed by atoms with Crippen LogP contribution in [-0.4, -0.2) is 22.0 Å². The third-order valence-corrected chi connectivity index (χ3v) is 4.16. The minimum Gasteiger partial charge on any atom is -0.491 e. The molecule has 0 fully saturated rings. The molecule has 2 N–H and O–H groups in total. The summed E-state index contributed by atoms with van der Waals surface area (Å²) in [6.45, 7) is 4.42. The van der Waals surface area contributed by atoms with E-state index in [0.29, 0.717) is 28.8 Å². The molecule has 2 aromatic carbocycles. The first-order valence-electron chi connectivity index (χ1n) is 8.88. The van der Waals surface area contributed by atoms with Crippen LogP contribution in [0.5, 0.6) is 5.75 Å². The van der Waals surface area contributed by atoms with Crippen molar-refractivity contribution in [2.75, 3.05) is 10.6 Å². The minimum atomic E-state index is -0.282. The van der Waals surface area contributed by atoms with E-state index in [-0.39, 0.29) is 12.0 Å². The molecule has 0 saturated carbocycles. The second kappa shape index (κ2) is 9.19. The zero-order chi connectivity index (χ0) is 19.9. The van der Waals surface area contributed by atoms with Crippen molar-refractivity contribution >= 4 is 29.1 Å². The SMILES string of the molecule is CC(C)Oc1ccc(NC(=O)c2cnc(NCc3ccccc3Cl)nc2)cc1. The molecule has 1 amide bonds. The van der Waals surface area contributed by atoms with Crippen LogP contribution in [0.1, 0.15) is 29.8 Å². The standard InChI is InChI=1S/C21H21ClN4O2/c1-14(2)28-18-9-7-17(8-10-18)26-20(27)16-12-24-21(25-13-16)23-11-15-5-3-4-6-19(15)22/h3-10,12-14H,11H2,1-2H3,(H,26,27)(H,23,24,25). The Balaban J connectivity index is 1.56. The monoisotopic (exact) mass is 396 g/mol. The Hall–Kier alpha value is -3.12. The van der Waals surface area contributed by atoms with Crippen LogP contribution in [0, 0.1) is 0 Å². The molecule has 0 saturated heterocycles. The first-order valence-corrected chi connectivity index (χ1v) is 9.26. The van der Waals surface area contributed by atoms with Crippen LogP contribution in [0.15, 0.2) is 60.9 Å². The molecule has 0 aliphatic rings. The Morgan fingerprint density at radius 2 is 1.75 bits per heavy atom. The van der Waals surface area contributed by atoms with Gasteiger partial charge in [0.2, 0.25) is 5.95 Å². The number of ether oxygens (including phenoxy) is 1. The Bertz CT molecular complexity index is 928. The van der Waals surface area contributed by atoms with E-state index in [2.05, 4.69) is 20.6 Å². The van der Waals surface area contributed by atoms with Gasteiger partial charge in [-0.25, -0.2) is 9.97 Å². The summed E-state index contributed by atoms with van der Waals surface area (Å²) in [7, 11) is 0. The van der Waals surface area contributed by atoms with Crippen LogP contribution < -0.4 is 15.4 Å². The van der Waals surface area contributed by atoms with E-state index in [0.717, 1.165) is 11.3 Å². The number of nitrogens with zero attached hydrogens (tertiary/aromatic N) is 2. The summed E-state index contributed by atoms with van der Waals surface area (Å²) in [6.07, 6.45) is 3.06. The van der Waals surface area contributed by atoms with Gasteiger partial charge in [0.25, 0.3) is 5.91 Å². The molecule has 3 rings (SSSR count). The van der Waals surface area contributed by atoms with E-state index in [1.807, 2.05) is 50.2 Å². The number of rotatable bonds is 7. The highest BCUT2D eigenvalue weighted by Gasteiger charge is 2.08. The summed E-state index contributed by atoms with van der Waals surface area (Å²) in [4.78, 5) is 20.7. The topological polar surface area (TPSA) is 76.1 Å². The molecule has 3 aromatic rings. The minimum absolute atomic E-state index is 0.0997. The van der Waals surface area contributed by atoms with Crippen molar-refractivity contribution in [1.82, 2.24) is 9.97 Å². The molecule has 6 nitrogen and oxygen atoms in total. The maximum Gasteiger partial charge on any atom is 0.258 e. The molecule has 0 atom stereocenters. The highest BCUT2D eigenvalue weighted by atomic mass is 35.5. The predicted octanol–water partition coefficient (Wildman–Crippen LogP) is 4.78. The zero-order valence-electron chi connectivity index (χ0n) is 15.6. The smallest absolute Gasteiger partial charge is 0.258 e. The van der Waals surface area contributed by atoms with Gasteiger partial charge in [0.05, 0.1) is 11.7 Å². The molecule has 1 aromatic heterocycles. The van der Waals surface area contributed by atoms with Gasteiger partial charge in [0.1, 0.15) is 5.75 Å². The lowest BCUT2D eigenvalue weighted by molar-refractivity contribution is 0.102. The van der Waals surface area contributed by atoms with Gasteiger partial charge < -0.3 is 15.4 Å². The molecule has 0 aliphatic heterocycles. The number of nitrogens with one attached hydrogen (secondary N) is 2. The number of hydrogen-bond donors (Lipinski definition) is 2. The number of carbonyl (C=O) groups is 1. The summed E-state index contributed by atoms with van der Waals surface area (Å²) < 4.78 is 5.59. The van der Waals surface area contributed by atoms with Crippen molar-refractivity contribution in [2.45, 2.75) is 26.5 Å². The molecule has 0 unspecified atom stereocenters. The van der Waals surface area contributed by atoms with E-state index in [4.69, 9.17) is 16.3 Å². The van der Waals surface area contributed by atoms with Crippen LogP contribution in [0.4, 0.5) is 11.6 Å². The fraction of sp³-hybridized carbons (Fsp3) is 0.190. The second-order valence-electron chi connectivity index (χ2n) is 6.39. The van der Waals surface area contributed by atoms with Crippen molar-refractivity contribution in [3.63, 3.8) is 0 Å². The van der Waals surface area contributed by atoms with Gasteiger partial charge >= 0.3 is 0 Å². The first-order chi connectivity index (χ1) is 13.5. The number of anilines is 2.